The van der Waals surface area contributed by atoms with Gasteiger partial charge in [0, 0.05) is 39.3 Å². The number of hydrogen-bond donors (Lipinski definition) is 2. The highest BCUT2D eigenvalue weighted by Gasteiger charge is 2.47. The van der Waals surface area contributed by atoms with Crippen molar-refractivity contribution in [1.29, 1.82) is 0 Å². The van der Waals surface area contributed by atoms with Gasteiger partial charge in [0.25, 0.3) is 7.59 Å². The van der Waals surface area contributed by atoms with E-state index in [4.69, 9.17) is 5.11 Å². The molecule has 6 heteroatoms. The fourth-order valence-electron chi connectivity index (χ4n) is 1.31. The predicted molar refractivity (Wildman–Crippen MR) is 50.5 cm³/mol. The molecule has 0 bridgehead atoms. The molecule has 0 aliphatic carbocycles. The molecule has 0 radical (unpaired) electrons. The molecule has 0 saturated carbocycles. The van der Waals surface area contributed by atoms with Gasteiger partial charge in [0.2, 0.25) is 0 Å². The van der Waals surface area contributed by atoms with E-state index in [2.05, 4.69) is 5.09 Å². The second-order valence-corrected chi connectivity index (χ2v) is 5.97. The molecule has 2 heterocycles. The lowest BCUT2D eigenvalue weighted by Crippen LogP contribution is -2.22. The highest BCUT2D eigenvalue weighted by molar-refractivity contribution is 7.57. The summed E-state index contributed by atoms with van der Waals surface area (Å²) in [7, 11) is -2.37. The Balaban J connectivity index is 1.85. The van der Waals surface area contributed by atoms with Crippen molar-refractivity contribution < 1.29 is 9.67 Å². The summed E-state index contributed by atoms with van der Waals surface area (Å²) in [6.07, 6.45) is 0.672. The van der Waals surface area contributed by atoms with E-state index >= 15 is 0 Å². The average Bonchev–Trinajstić information content (AvgIpc) is 2.95. The first kappa shape index (κ1) is 9.62. The Kier molecular flexibility index (Phi) is 2.72. The van der Waals surface area contributed by atoms with E-state index in [9.17, 15) is 4.57 Å². The van der Waals surface area contributed by atoms with Crippen molar-refractivity contribution in [3.8, 4) is 0 Å². The number of aliphatic hydroxyl groups is 1. The fraction of sp³-hybridized carbons (Fsp3) is 1.00. The number of aliphatic hydroxyl groups excluding tert-OH is 1. The molecule has 2 aliphatic heterocycles. The molecule has 0 amide bonds. The molecule has 2 fully saturated rings. The van der Waals surface area contributed by atoms with Crippen molar-refractivity contribution in [1.82, 2.24) is 14.4 Å². The summed E-state index contributed by atoms with van der Waals surface area (Å²) in [5.74, 6) is 0. The molecule has 2 rings (SSSR count). The molecule has 2 saturated heterocycles. The van der Waals surface area contributed by atoms with Crippen LogP contribution in [-0.2, 0) is 4.57 Å². The molecule has 0 atom stereocenters. The zero-order valence-corrected chi connectivity index (χ0v) is 8.54. The molecule has 0 spiro atoms. The largest absolute Gasteiger partial charge is 0.396 e. The van der Waals surface area contributed by atoms with Crippen LogP contribution in [0.3, 0.4) is 0 Å². The molecular weight excluding hydrogens is 189 g/mol. The maximum absolute atomic E-state index is 12.3. The van der Waals surface area contributed by atoms with E-state index in [0.717, 1.165) is 26.2 Å². The van der Waals surface area contributed by atoms with Crippen molar-refractivity contribution in [2.45, 2.75) is 6.42 Å². The van der Waals surface area contributed by atoms with E-state index in [1.54, 1.807) is 0 Å². The van der Waals surface area contributed by atoms with Gasteiger partial charge in [-0.3, -0.25) is 4.57 Å². The third kappa shape index (κ3) is 2.11. The van der Waals surface area contributed by atoms with Gasteiger partial charge in [-0.15, -0.1) is 0 Å². The van der Waals surface area contributed by atoms with Crippen LogP contribution in [0, 0.1) is 0 Å². The second kappa shape index (κ2) is 3.67. The molecule has 13 heavy (non-hydrogen) atoms. The Hall–Kier alpha value is 0.0700. The van der Waals surface area contributed by atoms with E-state index in [1.807, 2.05) is 9.34 Å². The van der Waals surface area contributed by atoms with Gasteiger partial charge in [-0.25, -0.2) is 14.4 Å². The Bertz CT molecular complexity index is 212. The summed E-state index contributed by atoms with van der Waals surface area (Å²) >= 11 is 0. The number of nitrogens with zero attached hydrogens (tertiary/aromatic N) is 2. The predicted octanol–water partition coefficient (Wildman–Crippen LogP) is -0.302. The summed E-state index contributed by atoms with van der Waals surface area (Å²) in [5.41, 5.74) is 0. The molecule has 0 aromatic rings. The lowest BCUT2D eigenvalue weighted by atomic mass is 10.5. The Labute approximate surface area is 78.2 Å². The first-order valence-electron chi connectivity index (χ1n) is 4.74. The molecule has 2 aliphatic rings. The minimum absolute atomic E-state index is 0.160. The van der Waals surface area contributed by atoms with Gasteiger partial charge in [0.15, 0.2) is 0 Å². The monoisotopic (exact) mass is 205 g/mol. The summed E-state index contributed by atoms with van der Waals surface area (Å²) in [6.45, 7) is 4.58. The van der Waals surface area contributed by atoms with Crippen LogP contribution in [0.1, 0.15) is 6.42 Å². The number of nitrogens with one attached hydrogen (secondary N) is 1. The van der Waals surface area contributed by atoms with E-state index in [1.165, 1.54) is 0 Å². The highest BCUT2D eigenvalue weighted by atomic mass is 31.2. The van der Waals surface area contributed by atoms with Gasteiger partial charge in [-0.2, -0.15) is 0 Å². The zero-order chi connectivity index (χ0) is 9.31. The third-order valence-electron chi connectivity index (χ3n) is 2.27. The van der Waals surface area contributed by atoms with Crippen LogP contribution in [-0.4, -0.2) is 53.8 Å². The Morgan fingerprint density at radius 3 is 2.15 bits per heavy atom. The van der Waals surface area contributed by atoms with Crippen LogP contribution in [0.4, 0.5) is 0 Å². The zero-order valence-electron chi connectivity index (χ0n) is 7.65. The second-order valence-electron chi connectivity index (χ2n) is 3.44. The molecule has 76 valence electrons. The SMILES string of the molecule is O=P(NCCCO)(N1CC1)N1CC1. The van der Waals surface area contributed by atoms with Crippen LogP contribution in [0.2, 0.25) is 0 Å². The van der Waals surface area contributed by atoms with Gasteiger partial charge in [0.1, 0.15) is 0 Å². The Morgan fingerprint density at radius 2 is 1.77 bits per heavy atom. The fourth-order valence-corrected chi connectivity index (χ4v) is 3.78. The molecule has 0 unspecified atom stereocenters. The summed E-state index contributed by atoms with van der Waals surface area (Å²) in [4.78, 5) is 0. The van der Waals surface area contributed by atoms with E-state index in [-0.39, 0.29) is 6.61 Å². The summed E-state index contributed by atoms with van der Waals surface area (Å²) < 4.78 is 16.2. The van der Waals surface area contributed by atoms with Gasteiger partial charge >= 0.3 is 0 Å². The molecule has 0 aromatic carbocycles. The van der Waals surface area contributed by atoms with Gasteiger partial charge in [-0.05, 0) is 6.42 Å². The smallest absolute Gasteiger partial charge is 0.284 e. The quantitative estimate of drug-likeness (QED) is 0.354. The minimum Gasteiger partial charge on any atom is -0.396 e. The maximum Gasteiger partial charge on any atom is 0.284 e. The molecule has 2 N–H and O–H groups in total. The van der Waals surface area contributed by atoms with Crippen LogP contribution in [0.25, 0.3) is 0 Å². The topological polar surface area (TPSA) is 55.3 Å². The minimum atomic E-state index is -2.37. The van der Waals surface area contributed by atoms with Crippen molar-refractivity contribution in [2.24, 2.45) is 0 Å². The lowest BCUT2D eigenvalue weighted by Gasteiger charge is -2.20. The van der Waals surface area contributed by atoms with Crippen LogP contribution in [0.15, 0.2) is 0 Å². The van der Waals surface area contributed by atoms with Crippen LogP contribution >= 0.6 is 7.59 Å². The van der Waals surface area contributed by atoms with Crippen molar-refractivity contribution in [3.63, 3.8) is 0 Å². The van der Waals surface area contributed by atoms with Crippen molar-refractivity contribution in [3.05, 3.63) is 0 Å². The van der Waals surface area contributed by atoms with E-state index < -0.39 is 7.59 Å². The highest BCUT2D eigenvalue weighted by Crippen LogP contribution is 2.56. The normalized spacial score (nSPS) is 23.5. The first-order chi connectivity index (χ1) is 6.27. The number of rotatable bonds is 6. The Morgan fingerprint density at radius 1 is 1.23 bits per heavy atom. The number of hydrogen-bond acceptors (Lipinski definition) is 2. The third-order valence-corrected chi connectivity index (χ3v) is 5.24. The van der Waals surface area contributed by atoms with Gasteiger partial charge in [0.05, 0.1) is 0 Å². The van der Waals surface area contributed by atoms with Crippen LogP contribution in [0.5, 0.6) is 0 Å². The summed E-state index contributed by atoms with van der Waals surface area (Å²) in [5, 5.41) is 11.7. The van der Waals surface area contributed by atoms with Gasteiger partial charge in [-0.1, -0.05) is 0 Å². The lowest BCUT2D eigenvalue weighted by molar-refractivity contribution is 0.288. The van der Waals surface area contributed by atoms with Gasteiger partial charge < -0.3 is 5.11 Å². The molecule has 0 aromatic heterocycles. The van der Waals surface area contributed by atoms with Crippen molar-refractivity contribution in [2.75, 3.05) is 39.3 Å². The standard InChI is InChI=1S/C7H16N3O2P/c11-7-1-2-8-13(12,9-3-4-9)10-5-6-10/h11H,1-7H2,(H,8,12). The van der Waals surface area contributed by atoms with Crippen molar-refractivity contribution >= 4 is 7.59 Å². The first-order valence-corrected chi connectivity index (χ1v) is 6.35. The maximum atomic E-state index is 12.3. The molecule has 5 nitrogen and oxygen atoms in total. The van der Waals surface area contributed by atoms with E-state index in [0.29, 0.717) is 13.0 Å². The average molecular weight is 205 g/mol. The summed E-state index contributed by atoms with van der Waals surface area (Å²) in [6, 6.07) is 0. The van der Waals surface area contributed by atoms with Crippen LogP contribution < -0.4 is 5.09 Å². The molecular formula is C7H16N3O2P.